The predicted molar refractivity (Wildman–Crippen MR) is 114 cm³/mol. The number of carbonyl (C=O) groups is 3. The summed E-state index contributed by atoms with van der Waals surface area (Å²) in [6.45, 7) is 0. The summed E-state index contributed by atoms with van der Waals surface area (Å²) in [4.78, 5) is 46.3. The highest BCUT2D eigenvalue weighted by molar-refractivity contribution is 8.26. The zero-order valence-electron chi connectivity index (χ0n) is 15.6. The van der Waals surface area contributed by atoms with Crippen LogP contribution >= 0.6 is 24.0 Å². The van der Waals surface area contributed by atoms with Crippen LogP contribution in [0.1, 0.15) is 18.6 Å². The molecular formula is C19H14N2O8S2. The molecule has 160 valence electrons. The number of nitro groups is 1. The third kappa shape index (κ3) is 4.98. The van der Waals surface area contributed by atoms with Gasteiger partial charge in [0.25, 0.3) is 11.6 Å². The molecule has 1 atom stereocenters. The van der Waals surface area contributed by atoms with Crippen molar-refractivity contribution in [3.63, 3.8) is 0 Å². The number of nitro benzene ring substituents is 1. The fraction of sp³-hybridized carbons (Fsp3) is 0.158. The number of hydrogen-bond donors (Lipinski definition) is 2. The molecule has 2 heterocycles. The van der Waals surface area contributed by atoms with Crippen molar-refractivity contribution in [2.24, 2.45) is 0 Å². The van der Waals surface area contributed by atoms with Crippen molar-refractivity contribution >= 4 is 57.9 Å². The molecule has 2 aromatic rings. The third-order valence-electron chi connectivity index (χ3n) is 4.31. The lowest BCUT2D eigenvalue weighted by molar-refractivity contribution is -0.384. The molecule has 0 spiro atoms. The lowest BCUT2D eigenvalue weighted by Crippen LogP contribution is -2.44. The summed E-state index contributed by atoms with van der Waals surface area (Å²) in [5.74, 6) is -2.47. The highest BCUT2D eigenvalue weighted by Crippen LogP contribution is 2.35. The van der Waals surface area contributed by atoms with Crippen molar-refractivity contribution in [2.45, 2.75) is 18.9 Å². The molecule has 0 bridgehead atoms. The Kier molecular flexibility index (Phi) is 6.51. The van der Waals surface area contributed by atoms with E-state index in [9.17, 15) is 29.6 Å². The first-order valence-corrected chi connectivity index (χ1v) is 9.96. The maximum absolute atomic E-state index is 12.7. The van der Waals surface area contributed by atoms with E-state index in [1.54, 1.807) is 12.1 Å². The van der Waals surface area contributed by atoms with Crippen LogP contribution in [0.15, 0.2) is 45.7 Å². The fourth-order valence-corrected chi connectivity index (χ4v) is 4.17. The number of thioether (sulfide) groups is 1. The Morgan fingerprint density at radius 3 is 2.48 bits per heavy atom. The van der Waals surface area contributed by atoms with E-state index >= 15 is 0 Å². The molecule has 1 unspecified atom stereocenters. The standard InChI is InChI=1S/C19H14N2O8S2/c22-16(23)8-6-13(18(25)26)20-17(24)15(31-19(20)30)9-12-5-7-14(29-12)10-1-3-11(4-2-10)21(27)28/h1-5,7,9,13H,6,8H2,(H,22,23)(H,25,26)/b15-9-. The number of thiocarbonyl (C=S) groups is 1. The van der Waals surface area contributed by atoms with E-state index in [-0.39, 0.29) is 21.3 Å². The zero-order chi connectivity index (χ0) is 22.7. The summed E-state index contributed by atoms with van der Waals surface area (Å²) in [5, 5.41) is 29.0. The van der Waals surface area contributed by atoms with Gasteiger partial charge in [-0.2, -0.15) is 0 Å². The van der Waals surface area contributed by atoms with Gasteiger partial charge in [-0.05, 0) is 30.7 Å². The van der Waals surface area contributed by atoms with Gasteiger partial charge >= 0.3 is 11.9 Å². The normalized spacial score (nSPS) is 16.0. The monoisotopic (exact) mass is 462 g/mol. The molecule has 1 aliphatic rings. The minimum absolute atomic E-state index is 0.0104. The van der Waals surface area contributed by atoms with Crippen LogP contribution < -0.4 is 0 Å². The maximum Gasteiger partial charge on any atom is 0.326 e. The topological polar surface area (TPSA) is 151 Å². The predicted octanol–water partition coefficient (Wildman–Crippen LogP) is 3.37. The number of furan rings is 1. The smallest absolute Gasteiger partial charge is 0.326 e. The minimum Gasteiger partial charge on any atom is -0.481 e. The van der Waals surface area contributed by atoms with Gasteiger partial charge in [0, 0.05) is 30.2 Å². The zero-order valence-corrected chi connectivity index (χ0v) is 17.2. The maximum atomic E-state index is 12.7. The quantitative estimate of drug-likeness (QED) is 0.258. The van der Waals surface area contributed by atoms with E-state index in [1.807, 2.05) is 0 Å². The van der Waals surface area contributed by atoms with Crippen LogP contribution in [0.25, 0.3) is 17.4 Å². The Balaban J connectivity index is 1.80. The van der Waals surface area contributed by atoms with Gasteiger partial charge in [0.05, 0.1) is 9.83 Å². The van der Waals surface area contributed by atoms with Crippen molar-refractivity contribution in [2.75, 3.05) is 0 Å². The Morgan fingerprint density at radius 1 is 1.23 bits per heavy atom. The average molecular weight is 462 g/mol. The van der Waals surface area contributed by atoms with E-state index < -0.39 is 35.2 Å². The SMILES string of the molecule is O=C(O)CCC(C(=O)O)N1C(=O)/C(=C/c2ccc(-c3ccc([N+](=O)[O-])cc3)o2)SC1=S. The molecule has 1 aromatic carbocycles. The van der Waals surface area contributed by atoms with Gasteiger partial charge in [-0.25, -0.2) is 4.79 Å². The number of benzene rings is 1. The average Bonchev–Trinajstić information content (AvgIpc) is 3.28. The number of nitrogens with zero attached hydrogens (tertiary/aromatic N) is 2. The minimum atomic E-state index is -1.39. The van der Waals surface area contributed by atoms with Crippen LogP contribution in [0.2, 0.25) is 0 Å². The molecule has 1 amide bonds. The molecule has 0 aliphatic carbocycles. The van der Waals surface area contributed by atoms with Crippen LogP contribution in [0, 0.1) is 10.1 Å². The first-order valence-electron chi connectivity index (χ1n) is 8.73. The fourth-order valence-electron chi connectivity index (χ4n) is 2.83. The van der Waals surface area contributed by atoms with Gasteiger partial charge in [-0.15, -0.1) is 0 Å². The third-order valence-corrected chi connectivity index (χ3v) is 5.65. The van der Waals surface area contributed by atoms with Crippen molar-refractivity contribution in [3.8, 4) is 11.3 Å². The number of carbonyl (C=O) groups excluding carboxylic acids is 1. The molecule has 0 radical (unpaired) electrons. The van der Waals surface area contributed by atoms with E-state index in [0.29, 0.717) is 17.1 Å². The second-order valence-electron chi connectivity index (χ2n) is 6.34. The van der Waals surface area contributed by atoms with Gasteiger partial charge in [-0.1, -0.05) is 24.0 Å². The van der Waals surface area contributed by atoms with E-state index in [2.05, 4.69) is 0 Å². The molecule has 3 rings (SSSR count). The number of amides is 1. The molecule has 1 saturated heterocycles. The summed E-state index contributed by atoms with van der Waals surface area (Å²) in [7, 11) is 0. The van der Waals surface area contributed by atoms with Gasteiger partial charge in [0.2, 0.25) is 0 Å². The van der Waals surface area contributed by atoms with Crippen molar-refractivity contribution < 1.29 is 33.9 Å². The Bertz CT molecular complexity index is 1110. The summed E-state index contributed by atoms with van der Waals surface area (Å²) in [5.41, 5.74) is 0.535. The van der Waals surface area contributed by atoms with Crippen LogP contribution in [0.4, 0.5) is 5.69 Å². The number of non-ortho nitro benzene ring substituents is 1. The van der Waals surface area contributed by atoms with E-state index in [0.717, 1.165) is 16.7 Å². The summed E-state index contributed by atoms with van der Waals surface area (Å²) < 4.78 is 5.68. The molecule has 1 fully saturated rings. The molecule has 1 aromatic heterocycles. The summed E-state index contributed by atoms with van der Waals surface area (Å²) in [6.07, 6.45) is 0.698. The molecule has 31 heavy (non-hydrogen) atoms. The molecule has 1 aliphatic heterocycles. The number of aliphatic carboxylic acids is 2. The largest absolute Gasteiger partial charge is 0.481 e. The second kappa shape index (κ2) is 9.10. The Labute approximate surface area is 184 Å². The Hall–Kier alpha value is -3.51. The molecular weight excluding hydrogens is 448 g/mol. The van der Waals surface area contributed by atoms with Crippen LogP contribution in [-0.2, 0) is 14.4 Å². The number of hydrogen-bond acceptors (Lipinski definition) is 8. The second-order valence-corrected chi connectivity index (χ2v) is 8.02. The van der Waals surface area contributed by atoms with Crippen molar-refractivity contribution in [3.05, 3.63) is 57.2 Å². The van der Waals surface area contributed by atoms with Gasteiger partial charge in [-0.3, -0.25) is 24.6 Å². The van der Waals surface area contributed by atoms with Crippen LogP contribution in [0.5, 0.6) is 0 Å². The highest BCUT2D eigenvalue weighted by atomic mass is 32.2. The first kappa shape index (κ1) is 22.2. The number of carboxylic acid groups (broad SMARTS) is 2. The highest BCUT2D eigenvalue weighted by Gasteiger charge is 2.40. The van der Waals surface area contributed by atoms with Crippen LogP contribution in [-0.4, -0.2) is 48.2 Å². The van der Waals surface area contributed by atoms with E-state index in [4.69, 9.17) is 21.7 Å². The summed E-state index contributed by atoms with van der Waals surface area (Å²) in [6, 6.07) is 7.56. The number of rotatable bonds is 8. The number of carboxylic acids is 2. The molecule has 0 saturated carbocycles. The molecule has 10 nitrogen and oxygen atoms in total. The lowest BCUT2D eigenvalue weighted by atomic mass is 10.1. The van der Waals surface area contributed by atoms with Crippen molar-refractivity contribution in [1.29, 1.82) is 0 Å². The van der Waals surface area contributed by atoms with Gasteiger partial charge in [0.15, 0.2) is 0 Å². The van der Waals surface area contributed by atoms with Crippen LogP contribution in [0.3, 0.4) is 0 Å². The first-order chi connectivity index (χ1) is 14.7. The van der Waals surface area contributed by atoms with E-state index in [1.165, 1.54) is 30.3 Å². The van der Waals surface area contributed by atoms with Gasteiger partial charge in [0.1, 0.15) is 21.9 Å². The molecule has 12 heteroatoms. The van der Waals surface area contributed by atoms with Gasteiger partial charge < -0.3 is 14.6 Å². The molecule has 2 N–H and O–H groups in total. The summed E-state index contributed by atoms with van der Waals surface area (Å²) >= 11 is 6.02. The van der Waals surface area contributed by atoms with Crippen molar-refractivity contribution in [1.82, 2.24) is 4.90 Å². The lowest BCUT2D eigenvalue weighted by Gasteiger charge is -2.22. The Morgan fingerprint density at radius 2 is 1.90 bits per heavy atom.